The van der Waals surface area contributed by atoms with Crippen molar-refractivity contribution in [3.05, 3.63) is 65.7 Å². The van der Waals surface area contributed by atoms with Gasteiger partial charge in [0.1, 0.15) is 17.2 Å². The first-order chi connectivity index (χ1) is 15.5. The number of methoxy groups -OCH3 is 2. The molecular formula is C27H31NO4. The Morgan fingerprint density at radius 2 is 1.88 bits per heavy atom. The lowest BCUT2D eigenvalue weighted by molar-refractivity contribution is -0.133. The third-order valence-corrected chi connectivity index (χ3v) is 6.46. The molecule has 0 aromatic heterocycles. The number of likely N-dealkylation sites (tertiary alicyclic amines) is 1. The standard InChI is InChI=1S/C27H31NO4/c1-18-7-6-12-28(17-18)26(30)16-23(21-11-10-19-8-4-5-9-20(19)13-21)27-24(29)14-22(31-2)15-25(27)32-3/h4-5,8-11,13-15,18,23,29H,6-7,12,16-17H2,1-3H3. The van der Waals surface area contributed by atoms with Crippen molar-refractivity contribution < 1.29 is 19.4 Å². The highest BCUT2D eigenvalue weighted by Gasteiger charge is 2.29. The number of fused-ring (bicyclic) bond motifs is 1. The van der Waals surface area contributed by atoms with E-state index in [1.807, 2.05) is 23.1 Å². The summed E-state index contributed by atoms with van der Waals surface area (Å²) in [6, 6.07) is 17.7. The van der Waals surface area contributed by atoms with E-state index in [0.717, 1.165) is 42.3 Å². The topological polar surface area (TPSA) is 59.0 Å². The lowest BCUT2D eigenvalue weighted by Crippen LogP contribution is -2.39. The van der Waals surface area contributed by atoms with Gasteiger partial charge >= 0.3 is 0 Å². The van der Waals surface area contributed by atoms with Gasteiger partial charge in [0, 0.05) is 43.1 Å². The SMILES string of the molecule is COc1cc(O)c(C(CC(=O)N2CCCC(C)C2)c2ccc3ccccc3c2)c(OC)c1. The fourth-order valence-corrected chi connectivity index (χ4v) is 4.76. The monoisotopic (exact) mass is 433 g/mol. The van der Waals surface area contributed by atoms with E-state index < -0.39 is 0 Å². The zero-order chi connectivity index (χ0) is 22.7. The lowest BCUT2D eigenvalue weighted by Gasteiger charge is -2.32. The molecule has 2 atom stereocenters. The van der Waals surface area contributed by atoms with Gasteiger partial charge in [-0.1, -0.05) is 49.4 Å². The van der Waals surface area contributed by atoms with Gasteiger partial charge in [-0.15, -0.1) is 0 Å². The van der Waals surface area contributed by atoms with E-state index in [0.29, 0.717) is 23.0 Å². The largest absolute Gasteiger partial charge is 0.507 e. The second kappa shape index (κ2) is 9.51. The number of hydrogen-bond donors (Lipinski definition) is 1. The first-order valence-electron chi connectivity index (χ1n) is 11.2. The number of benzene rings is 3. The van der Waals surface area contributed by atoms with Gasteiger partial charge in [-0.05, 0) is 35.1 Å². The van der Waals surface area contributed by atoms with Crippen LogP contribution in [0.3, 0.4) is 0 Å². The van der Waals surface area contributed by atoms with Crippen LogP contribution in [0, 0.1) is 5.92 Å². The summed E-state index contributed by atoms with van der Waals surface area (Å²) in [4.78, 5) is 15.3. The van der Waals surface area contributed by atoms with Crippen molar-refractivity contribution in [3.8, 4) is 17.2 Å². The molecule has 2 unspecified atom stereocenters. The Balaban J connectivity index is 1.78. The van der Waals surface area contributed by atoms with Gasteiger partial charge in [0.25, 0.3) is 0 Å². The van der Waals surface area contributed by atoms with Gasteiger partial charge in [0.2, 0.25) is 5.91 Å². The van der Waals surface area contributed by atoms with Gasteiger partial charge in [0.15, 0.2) is 0 Å². The Morgan fingerprint density at radius 1 is 1.09 bits per heavy atom. The maximum absolute atomic E-state index is 13.4. The molecule has 1 fully saturated rings. The second-order valence-electron chi connectivity index (χ2n) is 8.71. The lowest BCUT2D eigenvalue weighted by atomic mass is 9.85. The molecule has 1 aliphatic heterocycles. The van der Waals surface area contributed by atoms with Crippen molar-refractivity contribution >= 4 is 16.7 Å². The first kappa shape index (κ1) is 22.0. The van der Waals surface area contributed by atoms with E-state index in [4.69, 9.17) is 9.47 Å². The van der Waals surface area contributed by atoms with Crippen molar-refractivity contribution in [2.45, 2.75) is 32.1 Å². The molecule has 1 N–H and O–H groups in total. The third-order valence-electron chi connectivity index (χ3n) is 6.46. The van der Waals surface area contributed by atoms with Crippen molar-refractivity contribution in [2.75, 3.05) is 27.3 Å². The van der Waals surface area contributed by atoms with E-state index in [1.54, 1.807) is 26.4 Å². The number of aromatic hydroxyl groups is 1. The molecule has 1 aliphatic rings. The molecule has 0 radical (unpaired) electrons. The zero-order valence-corrected chi connectivity index (χ0v) is 19.0. The number of carbonyl (C=O) groups is 1. The maximum Gasteiger partial charge on any atom is 0.223 e. The predicted octanol–water partition coefficient (Wildman–Crippen LogP) is 5.34. The van der Waals surface area contributed by atoms with E-state index in [1.165, 1.54) is 0 Å². The molecule has 0 aliphatic carbocycles. The summed E-state index contributed by atoms with van der Waals surface area (Å²) in [5, 5.41) is 13.2. The molecule has 0 bridgehead atoms. The maximum atomic E-state index is 13.4. The zero-order valence-electron chi connectivity index (χ0n) is 19.0. The summed E-state index contributed by atoms with van der Waals surface area (Å²) in [5.41, 5.74) is 1.59. The molecule has 3 aromatic carbocycles. The summed E-state index contributed by atoms with van der Waals surface area (Å²) in [7, 11) is 3.12. The highest BCUT2D eigenvalue weighted by Crippen LogP contribution is 2.43. The van der Waals surface area contributed by atoms with Crippen LogP contribution >= 0.6 is 0 Å². The number of amides is 1. The Labute approximate surface area is 189 Å². The average Bonchev–Trinajstić information content (AvgIpc) is 2.81. The fourth-order valence-electron chi connectivity index (χ4n) is 4.76. The van der Waals surface area contributed by atoms with E-state index in [9.17, 15) is 9.90 Å². The summed E-state index contributed by atoms with van der Waals surface area (Å²) < 4.78 is 10.9. The fraction of sp³-hybridized carbons (Fsp3) is 0.370. The summed E-state index contributed by atoms with van der Waals surface area (Å²) >= 11 is 0. The molecule has 5 nitrogen and oxygen atoms in total. The first-order valence-corrected chi connectivity index (χ1v) is 11.2. The van der Waals surface area contributed by atoms with Crippen LogP contribution in [0.2, 0.25) is 0 Å². The van der Waals surface area contributed by atoms with Gasteiger partial charge < -0.3 is 19.5 Å². The molecule has 1 amide bonds. The summed E-state index contributed by atoms with van der Waals surface area (Å²) in [6.07, 6.45) is 2.46. The molecule has 0 spiro atoms. The Kier molecular flexibility index (Phi) is 6.54. The molecule has 168 valence electrons. The Bertz CT molecular complexity index is 1110. The highest BCUT2D eigenvalue weighted by molar-refractivity contribution is 5.84. The van der Waals surface area contributed by atoms with Crippen LogP contribution in [0.1, 0.15) is 43.2 Å². The molecule has 4 rings (SSSR count). The Hall–Kier alpha value is -3.21. The molecule has 3 aromatic rings. The second-order valence-corrected chi connectivity index (χ2v) is 8.71. The number of rotatable bonds is 6. The minimum atomic E-state index is -0.342. The number of phenols is 1. The van der Waals surface area contributed by atoms with Crippen molar-refractivity contribution in [1.82, 2.24) is 4.90 Å². The summed E-state index contributed by atoms with van der Waals surface area (Å²) in [6.45, 7) is 3.77. The van der Waals surface area contributed by atoms with Gasteiger partial charge in [-0.25, -0.2) is 0 Å². The van der Waals surface area contributed by atoms with Gasteiger partial charge in [-0.3, -0.25) is 4.79 Å². The van der Waals surface area contributed by atoms with Crippen LogP contribution in [0.25, 0.3) is 10.8 Å². The number of ether oxygens (including phenoxy) is 2. The smallest absolute Gasteiger partial charge is 0.223 e. The molecule has 32 heavy (non-hydrogen) atoms. The minimum Gasteiger partial charge on any atom is -0.507 e. The van der Waals surface area contributed by atoms with E-state index in [-0.39, 0.29) is 24.0 Å². The molecule has 0 saturated carbocycles. The molecular weight excluding hydrogens is 402 g/mol. The van der Waals surface area contributed by atoms with Gasteiger partial charge in [0.05, 0.1) is 14.2 Å². The molecule has 5 heteroatoms. The van der Waals surface area contributed by atoms with Crippen LogP contribution < -0.4 is 9.47 Å². The van der Waals surface area contributed by atoms with Crippen molar-refractivity contribution in [3.63, 3.8) is 0 Å². The minimum absolute atomic E-state index is 0.0687. The number of carbonyl (C=O) groups excluding carboxylic acids is 1. The predicted molar refractivity (Wildman–Crippen MR) is 127 cm³/mol. The van der Waals surface area contributed by atoms with E-state index >= 15 is 0 Å². The number of phenolic OH excluding ortho intramolecular Hbond substituents is 1. The number of hydrogen-bond acceptors (Lipinski definition) is 4. The van der Waals surface area contributed by atoms with Crippen LogP contribution in [0.15, 0.2) is 54.6 Å². The van der Waals surface area contributed by atoms with Gasteiger partial charge in [-0.2, -0.15) is 0 Å². The van der Waals surface area contributed by atoms with Crippen LogP contribution in [0.5, 0.6) is 17.2 Å². The van der Waals surface area contributed by atoms with Crippen LogP contribution in [-0.2, 0) is 4.79 Å². The van der Waals surface area contributed by atoms with E-state index in [2.05, 4.69) is 31.2 Å². The van der Waals surface area contributed by atoms with Crippen LogP contribution in [-0.4, -0.2) is 43.2 Å². The molecule has 1 saturated heterocycles. The average molecular weight is 434 g/mol. The molecule has 1 heterocycles. The Morgan fingerprint density at radius 3 is 2.59 bits per heavy atom. The normalized spacial score (nSPS) is 17.2. The quantitative estimate of drug-likeness (QED) is 0.570. The van der Waals surface area contributed by atoms with Crippen LogP contribution in [0.4, 0.5) is 0 Å². The number of piperidine rings is 1. The van der Waals surface area contributed by atoms with Crippen molar-refractivity contribution in [2.24, 2.45) is 5.92 Å². The van der Waals surface area contributed by atoms with Crippen molar-refractivity contribution in [1.29, 1.82) is 0 Å². The number of nitrogens with zero attached hydrogens (tertiary/aromatic N) is 1. The highest BCUT2D eigenvalue weighted by atomic mass is 16.5. The third kappa shape index (κ3) is 4.52. The summed E-state index contributed by atoms with van der Waals surface area (Å²) in [5.74, 6) is 1.36.